The summed E-state index contributed by atoms with van der Waals surface area (Å²) in [5.74, 6) is 1.03. The number of hydrogen-bond acceptors (Lipinski definition) is 2. The maximum absolute atomic E-state index is 12.5. The Morgan fingerprint density at radius 3 is 2.90 bits per heavy atom. The Hall–Kier alpha value is -1.35. The minimum absolute atomic E-state index is 0.352. The van der Waals surface area contributed by atoms with E-state index in [0.717, 1.165) is 25.9 Å². The maximum Gasteiger partial charge on any atom is 0.223 e. The molecular weight excluding hydrogens is 248 g/mol. The fourth-order valence-corrected chi connectivity index (χ4v) is 3.81. The van der Waals surface area contributed by atoms with Crippen molar-refractivity contribution in [1.29, 1.82) is 0 Å². The van der Waals surface area contributed by atoms with Crippen LogP contribution in [0, 0.1) is 5.92 Å². The number of amides is 1. The Bertz CT molecular complexity index is 459. The van der Waals surface area contributed by atoms with Crippen LogP contribution >= 0.6 is 0 Å². The molecule has 2 saturated heterocycles. The lowest BCUT2D eigenvalue weighted by atomic mass is 10.0. The third kappa shape index (κ3) is 2.73. The van der Waals surface area contributed by atoms with E-state index in [4.69, 9.17) is 0 Å². The number of hydrogen-bond donors (Lipinski definition) is 1. The molecule has 1 aromatic carbocycles. The highest BCUT2D eigenvalue weighted by Gasteiger charge is 2.43. The molecule has 0 aromatic heterocycles. The molecule has 3 rings (SSSR count). The van der Waals surface area contributed by atoms with Gasteiger partial charge in [0.2, 0.25) is 5.91 Å². The van der Waals surface area contributed by atoms with Crippen LogP contribution in [0.2, 0.25) is 0 Å². The number of benzene rings is 1. The van der Waals surface area contributed by atoms with Gasteiger partial charge in [0.1, 0.15) is 0 Å². The number of aryl methyl sites for hydroxylation is 1. The van der Waals surface area contributed by atoms with E-state index in [0.29, 0.717) is 30.3 Å². The molecular formula is C17H24N2O. The van der Waals surface area contributed by atoms with Crippen LogP contribution in [0.15, 0.2) is 30.3 Å². The lowest BCUT2D eigenvalue weighted by Crippen LogP contribution is -2.42. The van der Waals surface area contributed by atoms with Gasteiger partial charge in [-0.3, -0.25) is 4.79 Å². The van der Waals surface area contributed by atoms with Crippen molar-refractivity contribution in [1.82, 2.24) is 10.2 Å². The molecule has 3 heteroatoms. The van der Waals surface area contributed by atoms with E-state index in [1.165, 1.54) is 12.0 Å². The average molecular weight is 272 g/mol. The summed E-state index contributed by atoms with van der Waals surface area (Å²) in [6, 6.07) is 11.3. The molecule has 20 heavy (non-hydrogen) atoms. The molecule has 3 unspecified atom stereocenters. The number of carbonyl (C=O) groups excluding carboxylic acids is 1. The molecule has 2 heterocycles. The van der Waals surface area contributed by atoms with Crippen molar-refractivity contribution in [3.8, 4) is 0 Å². The van der Waals surface area contributed by atoms with Crippen molar-refractivity contribution in [2.75, 3.05) is 13.1 Å². The van der Waals surface area contributed by atoms with Crippen molar-refractivity contribution in [3.05, 3.63) is 35.9 Å². The second-order valence-electron chi connectivity index (χ2n) is 6.21. The lowest BCUT2D eigenvalue weighted by Gasteiger charge is -2.27. The van der Waals surface area contributed by atoms with E-state index in [1.807, 2.05) is 6.07 Å². The fraction of sp³-hybridized carbons (Fsp3) is 0.588. The summed E-state index contributed by atoms with van der Waals surface area (Å²) in [4.78, 5) is 14.6. The Morgan fingerprint density at radius 1 is 1.30 bits per heavy atom. The van der Waals surface area contributed by atoms with Crippen LogP contribution in [0.25, 0.3) is 0 Å². The largest absolute Gasteiger partial charge is 0.335 e. The molecule has 3 atom stereocenters. The number of nitrogens with one attached hydrogen (secondary N) is 1. The van der Waals surface area contributed by atoms with Crippen molar-refractivity contribution in [2.45, 2.75) is 44.7 Å². The maximum atomic E-state index is 12.5. The van der Waals surface area contributed by atoms with Crippen molar-refractivity contribution < 1.29 is 4.79 Å². The zero-order valence-electron chi connectivity index (χ0n) is 12.2. The van der Waals surface area contributed by atoms with Crippen molar-refractivity contribution >= 4 is 5.91 Å². The van der Waals surface area contributed by atoms with Crippen molar-refractivity contribution in [3.63, 3.8) is 0 Å². The zero-order valence-corrected chi connectivity index (χ0v) is 12.2. The number of rotatable bonds is 4. The Balaban J connectivity index is 1.51. The van der Waals surface area contributed by atoms with Gasteiger partial charge < -0.3 is 10.2 Å². The first-order valence-corrected chi connectivity index (χ1v) is 7.81. The Kier molecular flexibility index (Phi) is 4.06. The van der Waals surface area contributed by atoms with Crippen LogP contribution in [0.4, 0.5) is 0 Å². The van der Waals surface area contributed by atoms with Crippen LogP contribution in [0.5, 0.6) is 0 Å². The van der Waals surface area contributed by atoms with E-state index in [2.05, 4.69) is 41.4 Å². The minimum atomic E-state index is 0.352. The van der Waals surface area contributed by atoms with E-state index < -0.39 is 0 Å². The SMILES string of the molecule is CC1CC2CNCC2N1C(=O)CCCc1ccccc1. The second kappa shape index (κ2) is 5.96. The fourth-order valence-electron chi connectivity index (χ4n) is 3.81. The summed E-state index contributed by atoms with van der Waals surface area (Å²) < 4.78 is 0. The van der Waals surface area contributed by atoms with Crippen LogP contribution in [0.1, 0.15) is 31.7 Å². The smallest absolute Gasteiger partial charge is 0.223 e. The second-order valence-corrected chi connectivity index (χ2v) is 6.21. The third-order valence-corrected chi connectivity index (χ3v) is 4.77. The number of nitrogens with zero attached hydrogens (tertiary/aromatic N) is 1. The molecule has 2 fully saturated rings. The summed E-state index contributed by atoms with van der Waals surface area (Å²) in [5, 5.41) is 3.42. The Morgan fingerprint density at radius 2 is 2.10 bits per heavy atom. The standard InChI is InChI=1S/C17H24N2O/c1-13-10-15-11-18-12-16(15)19(13)17(20)9-5-8-14-6-3-2-4-7-14/h2-4,6-7,13,15-16,18H,5,8-12H2,1H3. The predicted molar refractivity (Wildman–Crippen MR) is 80.5 cm³/mol. The number of carbonyl (C=O) groups is 1. The molecule has 0 saturated carbocycles. The van der Waals surface area contributed by atoms with Crippen LogP contribution in [-0.4, -0.2) is 36.0 Å². The summed E-state index contributed by atoms with van der Waals surface area (Å²) in [7, 11) is 0. The molecule has 1 amide bonds. The quantitative estimate of drug-likeness (QED) is 0.911. The molecule has 2 aliphatic rings. The summed E-state index contributed by atoms with van der Waals surface area (Å²) in [5.41, 5.74) is 1.33. The average Bonchev–Trinajstić information content (AvgIpc) is 2.99. The normalized spacial score (nSPS) is 28.6. The van der Waals surface area contributed by atoms with Gasteiger partial charge in [0, 0.05) is 31.6 Å². The predicted octanol–water partition coefficient (Wildman–Crippen LogP) is 2.22. The van der Waals surface area contributed by atoms with Gasteiger partial charge in [0.05, 0.1) is 0 Å². The van der Waals surface area contributed by atoms with Crippen LogP contribution < -0.4 is 5.32 Å². The van der Waals surface area contributed by atoms with Crippen LogP contribution in [0.3, 0.4) is 0 Å². The topological polar surface area (TPSA) is 32.3 Å². The van der Waals surface area contributed by atoms with E-state index in [9.17, 15) is 4.79 Å². The van der Waals surface area contributed by atoms with Gasteiger partial charge >= 0.3 is 0 Å². The van der Waals surface area contributed by atoms with Crippen LogP contribution in [-0.2, 0) is 11.2 Å². The van der Waals surface area contributed by atoms with Crippen molar-refractivity contribution in [2.24, 2.45) is 5.92 Å². The van der Waals surface area contributed by atoms with Gasteiger partial charge in [0.25, 0.3) is 0 Å². The summed E-state index contributed by atoms with van der Waals surface area (Å²) >= 11 is 0. The lowest BCUT2D eigenvalue weighted by molar-refractivity contribution is -0.133. The van der Waals surface area contributed by atoms with Gasteiger partial charge in [0.15, 0.2) is 0 Å². The van der Waals surface area contributed by atoms with E-state index >= 15 is 0 Å². The molecule has 1 N–H and O–H groups in total. The number of likely N-dealkylation sites (tertiary alicyclic amines) is 1. The molecule has 2 aliphatic heterocycles. The molecule has 0 radical (unpaired) electrons. The van der Waals surface area contributed by atoms with E-state index in [1.54, 1.807) is 0 Å². The molecule has 108 valence electrons. The number of fused-ring (bicyclic) bond motifs is 1. The highest BCUT2D eigenvalue weighted by atomic mass is 16.2. The molecule has 0 spiro atoms. The molecule has 0 bridgehead atoms. The summed E-state index contributed by atoms with van der Waals surface area (Å²) in [6.45, 7) is 4.27. The first-order chi connectivity index (χ1) is 9.75. The zero-order chi connectivity index (χ0) is 13.9. The minimum Gasteiger partial charge on any atom is -0.335 e. The van der Waals surface area contributed by atoms with Gasteiger partial charge in [-0.05, 0) is 37.7 Å². The highest BCUT2D eigenvalue weighted by molar-refractivity contribution is 5.77. The first-order valence-electron chi connectivity index (χ1n) is 7.81. The highest BCUT2D eigenvalue weighted by Crippen LogP contribution is 2.32. The Labute approximate surface area is 121 Å². The third-order valence-electron chi connectivity index (χ3n) is 4.77. The first kappa shape index (κ1) is 13.6. The van der Waals surface area contributed by atoms with Gasteiger partial charge in [-0.2, -0.15) is 0 Å². The van der Waals surface area contributed by atoms with Gasteiger partial charge in [-0.1, -0.05) is 30.3 Å². The summed E-state index contributed by atoms with van der Waals surface area (Å²) in [6.07, 6.45) is 3.81. The van der Waals surface area contributed by atoms with E-state index in [-0.39, 0.29) is 0 Å². The molecule has 0 aliphatic carbocycles. The monoisotopic (exact) mass is 272 g/mol. The molecule has 3 nitrogen and oxygen atoms in total. The molecule has 1 aromatic rings. The van der Waals surface area contributed by atoms with Gasteiger partial charge in [-0.25, -0.2) is 0 Å². The van der Waals surface area contributed by atoms with Gasteiger partial charge in [-0.15, -0.1) is 0 Å².